The van der Waals surface area contributed by atoms with Crippen molar-refractivity contribution in [3.63, 3.8) is 0 Å². The van der Waals surface area contributed by atoms with E-state index in [0.29, 0.717) is 5.56 Å². The fourth-order valence-corrected chi connectivity index (χ4v) is 2.21. The fraction of sp³-hybridized carbons (Fsp3) is 0.133. The summed E-state index contributed by atoms with van der Waals surface area (Å²) in [6.07, 6.45) is 2.96. The maximum Gasteiger partial charge on any atom is 0.323 e. The van der Waals surface area contributed by atoms with Gasteiger partial charge in [0, 0.05) is 22.7 Å². The number of benzene rings is 1. The van der Waals surface area contributed by atoms with E-state index < -0.39 is 11.2 Å². The number of carbonyl (C=O) groups is 2. The van der Waals surface area contributed by atoms with Gasteiger partial charge in [-0.15, -0.1) is 0 Å². The zero-order valence-electron chi connectivity index (χ0n) is 11.1. The number of hydrogen-bond donors (Lipinski definition) is 1. The molecule has 106 valence electrons. The zero-order valence-corrected chi connectivity index (χ0v) is 11.9. The highest BCUT2D eigenvalue weighted by molar-refractivity contribution is 6.68. The molecule has 0 atom stereocenters. The molecule has 1 N–H and O–H groups in total. The van der Waals surface area contributed by atoms with Crippen molar-refractivity contribution in [1.82, 2.24) is 4.57 Å². The molecule has 0 saturated carbocycles. The Hall–Kier alpha value is -2.58. The molecule has 1 heterocycles. The summed E-state index contributed by atoms with van der Waals surface area (Å²) >= 11 is 5.33. The number of nitriles is 1. The van der Waals surface area contributed by atoms with Gasteiger partial charge in [-0.1, -0.05) is 12.1 Å². The lowest BCUT2D eigenvalue weighted by Crippen LogP contribution is -2.07. The van der Waals surface area contributed by atoms with E-state index in [1.165, 1.54) is 6.08 Å². The van der Waals surface area contributed by atoms with Crippen molar-refractivity contribution >= 4 is 39.8 Å². The van der Waals surface area contributed by atoms with Gasteiger partial charge >= 0.3 is 5.97 Å². The SMILES string of the molecule is Cc1ccc2c(/C=C(\C#N)C(=O)Cl)cn(CC(=O)O)c2c1. The average Bonchev–Trinajstić information content (AvgIpc) is 2.72. The third-order valence-electron chi connectivity index (χ3n) is 3.01. The Morgan fingerprint density at radius 3 is 2.76 bits per heavy atom. The number of nitrogens with zero attached hydrogens (tertiary/aromatic N) is 2. The summed E-state index contributed by atoms with van der Waals surface area (Å²) < 4.78 is 1.56. The van der Waals surface area contributed by atoms with Crippen LogP contribution in [0.2, 0.25) is 0 Å². The van der Waals surface area contributed by atoms with Crippen LogP contribution in [-0.2, 0) is 16.1 Å². The van der Waals surface area contributed by atoms with Crippen molar-refractivity contribution in [2.45, 2.75) is 13.5 Å². The molecule has 2 aromatic rings. The Kier molecular flexibility index (Phi) is 4.10. The number of halogens is 1. The summed E-state index contributed by atoms with van der Waals surface area (Å²) in [7, 11) is 0. The second kappa shape index (κ2) is 5.81. The van der Waals surface area contributed by atoms with Crippen LogP contribution in [0.1, 0.15) is 11.1 Å². The monoisotopic (exact) mass is 302 g/mol. The number of allylic oxidation sites excluding steroid dienone is 1. The van der Waals surface area contributed by atoms with E-state index in [2.05, 4.69) is 0 Å². The molecule has 0 aliphatic rings. The van der Waals surface area contributed by atoms with Crippen molar-refractivity contribution in [1.29, 1.82) is 5.26 Å². The molecule has 0 unspecified atom stereocenters. The molecule has 0 aliphatic heterocycles. The summed E-state index contributed by atoms with van der Waals surface area (Å²) in [5, 5.41) is 17.8. The van der Waals surface area contributed by atoms with Gasteiger partial charge in [0.25, 0.3) is 5.24 Å². The zero-order chi connectivity index (χ0) is 15.6. The van der Waals surface area contributed by atoms with Crippen LogP contribution in [0.5, 0.6) is 0 Å². The maximum absolute atomic E-state index is 11.1. The number of carboxylic acid groups (broad SMARTS) is 1. The molecule has 0 bridgehead atoms. The van der Waals surface area contributed by atoms with Gasteiger partial charge in [-0.2, -0.15) is 5.26 Å². The van der Waals surface area contributed by atoms with Crippen molar-refractivity contribution in [2.24, 2.45) is 0 Å². The Morgan fingerprint density at radius 1 is 1.48 bits per heavy atom. The second-order valence-corrected chi connectivity index (χ2v) is 4.91. The Balaban J connectivity index is 2.68. The summed E-state index contributed by atoms with van der Waals surface area (Å²) in [4.78, 5) is 22.1. The highest BCUT2D eigenvalue weighted by Gasteiger charge is 2.12. The lowest BCUT2D eigenvalue weighted by atomic mass is 10.1. The number of aryl methyl sites for hydroxylation is 1. The van der Waals surface area contributed by atoms with Crippen LogP contribution in [0, 0.1) is 18.3 Å². The number of aromatic nitrogens is 1. The quantitative estimate of drug-likeness (QED) is 0.535. The average molecular weight is 303 g/mol. The summed E-state index contributed by atoms with van der Waals surface area (Å²) in [6.45, 7) is 1.69. The highest BCUT2D eigenvalue weighted by atomic mass is 35.5. The topological polar surface area (TPSA) is 83.1 Å². The van der Waals surface area contributed by atoms with Gasteiger partial charge in [0.1, 0.15) is 18.2 Å². The van der Waals surface area contributed by atoms with Gasteiger partial charge in [-0.25, -0.2) is 0 Å². The number of fused-ring (bicyclic) bond motifs is 1. The molecule has 0 amide bonds. The van der Waals surface area contributed by atoms with Crippen LogP contribution in [0.25, 0.3) is 17.0 Å². The maximum atomic E-state index is 11.1. The molecule has 0 fully saturated rings. The van der Waals surface area contributed by atoms with E-state index in [1.807, 2.05) is 25.1 Å². The summed E-state index contributed by atoms with van der Waals surface area (Å²) in [5.41, 5.74) is 2.10. The molecule has 2 rings (SSSR count). The van der Waals surface area contributed by atoms with Crippen molar-refractivity contribution in [3.05, 3.63) is 41.1 Å². The molecule has 1 aromatic carbocycles. The van der Waals surface area contributed by atoms with E-state index in [1.54, 1.807) is 16.8 Å². The smallest absolute Gasteiger partial charge is 0.323 e. The molecule has 0 aliphatic carbocycles. The van der Waals surface area contributed by atoms with Crippen LogP contribution >= 0.6 is 11.6 Å². The number of aliphatic carboxylic acids is 1. The molecular formula is C15H11ClN2O3. The van der Waals surface area contributed by atoms with Gasteiger partial charge in [0.2, 0.25) is 0 Å². The van der Waals surface area contributed by atoms with Gasteiger partial charge in [0.05, 0.1) is 0 Å². The van der Waals surface area contributed by atoms with Crippen molar-refractivity contribution in [3.8, 4) is 6.07 Å². The van der Waals surface area contributed by atoms with E-state index in [-0.39, 0.29) is 12.1 Å². The van der Waals surface area contributed by atoms with Crippen LogP contribution < -0.4 is 0 Å². The van der Waals surface area contributed by atoms with Gasteiger partial charge in [-0.05, 0) is 36.2 Å². The van der Waals surface area contributed by atoms with Crippen LogP contribution in [0.15, 0.2) is 30.0 Å². The van der Waals surface area contributed by atoms with Crippen molar-refractivity contribution < 1.29 is 14.7 Å². The predicted molar refractivity (Wildman–Crippen MR) is 78.8 cm³/mol. The molecule has 0 saturated heterocycles. The molecule has 1 aromatic heterocycles. The van der Waals surface area contributed by atoms with E-state index >= 15 is 0 Å². The van der Waals surface area contributed by atoms with Crippen LogP contribution in [0.4, 0.5) is 0 Å². The third-order valence-corrected chi connectivity index (χ3v) is 3.21. The third kappa shape index (κ3) is 3.12. The van der Waals surface area contributed by atoms with Gasteiger partial charge in [-0.3, -0.25) is 9.59 Å². The normalized spacial score (nSPS) is 11.4. The molecule has 0 radical (unpaired) electrons. The first-order valence-electron chi connectivity index (χ1n) is 6.05. The van der Waals surface area contributed by atoms with E-state index in [4.69, 9.17) is 22.0 Å². The van der Waals surface area contributed by atoms with Gasteiger partial charge < -0.3 is 9.67 Å². The van der Waals surface area contributed by atoms with Crippen LogP contribution in [-0.4, -0.2) is 20.9 Å². The van der Waals surface area contributed by atoms with Gasteiger partial charge in [0.15, 0.2) is 0 Å². The minimum absolute atomic E-state index is 0.188. The summed E-state index contributed by atoms with van der Waals surface area (Å²) in [6, 6.07) is 7.28. The molecular weight excluding hydrogens is 292 g/mol. The van der Waals surface area contributed by atoms with E-state index in [9.17, 15) is 9.59 Å². The number of carboxylic acids is 1. The number of rotatable bonds is 4. The minimum atomic E-state index is -0.974. The first-order valence-corrected chi connectivity index (χ1v) is 6.43. The Labute approximate surface area is 125 Å². The fourth-order valence-electron chi connectivity index (χ4n) is 2.11. The number of hydrogen-bond acceptors (Lipinski definition) is 3. The van der Waals surface area contributed by atoms with Crippen LogP contribution in [0.3, 0.4) is 0 Å². The second-order valence-electron chi connectivity index (χ2n) is 4.57. The molecule has 21 heavy (non-hydrogen) atoms. The highest BCUT2D eigenvalue weighted by Crippen LogP contribution is 2.25. The van der Waals surface area contributed by atoms with Crippen molar-refractivity contribution in [2.75, 3.05) is 0 Å². The number of carbonyl (C=O) groups excluding carboxylic acids is 1. The lowest BCUT2D eigenvalue weighted by Gasteiger charge is -2.01. The standard InChI is InChI=1S/C15H11ClN2O3/c1-9-2-3-12-11(5-10(6-17)15(16)21)7-18(8-14(19)20)13(12)4-9/h2-5,7H,8H2,1H3,(H,19,20)/b10-5+. The Morgan fingerprint density at radius 2 is 2.19 bits per heavy atom. The largest absolute Gasteiger partial charge is 0.480 e. The first-order chi connectivity index (χ1) is 9.92. The minimum Gasteiger partial charge on any atom is -0.480 e. The lowest BCUT2D eigenvalue weighted by molar-refractivity contribution is -0.137. The predicted octanol–water partition coefficient (Wildman–Crippen LogP) is 2.71. The van der Waals surface area contributed by atoms with E-state index in [0.717, 1.165) is 16.5 Å². The molecule has 6 heteroatoms. The molecule has 0 spiro atoms. The first kappa shape index (κ1) is 14.8. The summed E-state index contributed by atoms with van der Waals surface area (Å²) in [5.74, 6) is -0.974. The Bertz CT molecular complexity index is 812. The molecule has 5 nitrogen and oxygen atoms in total.